The van der Waals surface area contributed by atoms with Crippen molar-refractivity contribution >= 4 is 5.78 Å². The van der Waals surface area contributed by atoms with Crippen molar-refractivity contribution in [2.24, 2.45) is 5.92 Å². The number of ether oxygens (including phenoxy) is 2. The van der Waals surface area contributed by atoms with Crippen LogP contribution in [0.15, 0.2) is 48.5 Å². The molecule has 3 rings (SSSR count). The van der Waals surface area contributed by atoms with E-state index in [9.17, 15) is 4.79 Å². The molecule has 2 aromatic carbocycles. The average molecular weight is 325 g/mol. The molecule has 0 unspecified atom stereocenters. The predicted octanol–water partition coefficient (Wildman–Crippen LogP) is 3.68. The highest BCUT2D eigenvalue weighted by Gasteiger charge is 2.34. The van der Waals surface area contributed by atoms with E-state index in [1.165, 1.54) is 0 Å². The molecule has 0 amide bonds. The third-order valence-electron chi connectivity index (χ3n) is 4.79. The molecule has 24 heavy (non-hydrogen) atoms. The van der Waals surface area contributed by atoms with Gasteiger partial charge in [0.05, 0.1) is 14.2 Å². The van der Waals surface area contributed by atoms with Crippen LogP contribution in [0, 0.1) is 5.92 Å². The van der Waals surface area contributed by atoms with Crippen LogP contribution in [0.25, 0.3) is 0 Å². The number of benzene rings is 2. The molecular formula is C20H23NO3. The monoisotopic (exact) mass is 325 g/mol. The molecular weight excluding hydrogens is 302 g/mol. The smallest absolute Gasteiger partial charge is 0.139 e. The Morgan fingerprint density at radius 2 is 1.38 bits per heavy atom. The van der Waals surface area contributed by atoms with E-state index in [1.807, 2.05) is 55.5 Å². The lowest BCUT2D eigenvalue weighted by molar-refractivity contribution is -0.126. The standard InChI is InChI=1S/C20H23NO3/c1-13-19(22)12-18(14-4-8-16(23-2)9-5-14)21-20(13)15-6-10-17(24-3)11-7-15/h4-11,13,18,20-21H,12H2,1-3H3/t13-,18-,20-/m1/s1. The lowest BCUT2D eigenvalue weighted by atomic mass is 9.82. The summed E-state index contributed by atoms with van der Waals surface area (Å²) in [5, 5.41) is 3.64. The molecule has 126 valence electrons. The molecule has 1 aliphatic heterocycles. The Balaban J connectivity index is 1.84. The first-order valence-electron chi connectivity index (χ1n) is 8.19. The SMILES string of the molecule is COc1ccc([C@H]2CC(=O)[C@@H](C)[C@H](c3ccc(OC)cc3)N2)cc1. The van der Waals surface area contributed by atoms with E-state index in [0.717, 1.165) is 22.6 Å². The highest BCUT2D eigenvalue weighted by Crippen LogP contribution is 2.35. The summed E-state index contributed by atoms with van der Waals surface area (Å²) in [5.74, 6) is 1.88. The van der Waals surface area contributed by atoms with E-state index in [4.69, 9.17) is 9.47 Å². The van der Waals surface area contributed by atoms with Crippen LogP contribution in [0.3, 0.4) is 0 Å². The second kappa shape index (κ2) is 7.05. The number of hydrogen-bond donors (Lipinski definition) is 1. The third kappa shape index (κ3) is 3.29. The van der Waals surface area contributed by atoms with Crippen molar-refractivity contribution in [3.63, 3.8) is 0 Å². The molecule has 0 bridgehead atoms. The first-order valence-corrected chi connectivity index (χ1v) is 8.19. The van der Waals surface area contributed by atoms with Crippen molar-refractivity contribution in [1.29, 1.82) is 0 Å². The zero-order chi connectivity index (χ0) is 17.1. The van der Waals surface area contributed by atoms with Gasteiger partial charge in [0.2, 0.25) is 0 Å². The third-order valence-corrected chi connectivity index (χ3v) is 4.79. The van der Waals surface area contributed by atoms with E-state index in [-0.39, 0.29) is 23.8 Å². The summed E-state index contributed by atoms with van der Waals surface area (Å²) in [6.07, 6.45) is 0.514. The van der Waals surface area contributed by atoms with E-state index >= 15 is 0 Å². The molecule has 3 atom stereocenters. The van der Waals surface area contributed by atoms with Crippen LogP contribution in [0.4, 0.5) is 0 Å². The van der Waals surface area contributed by atoms with Gasteiger partial charge in [0.1, 0.15) is 17.3 Å². The highest BCUT2D eigenvalue weighted by molar-refractivity contribution is 5.83. The molecule has 1 saturated heterocycles. The minimum Gasteiger partial charge on any atom is -0.497 e. The molecule has 0 saturated carbocycles. The Morgan fingerprint density at radius 3 is 1.88 bits per heavy atom. The van der Waals surface area contributed by atoms with Crippen LogP contribution in [-0.4, -0.2) is 20.0 Å². The molecule has 0 aromatic heterocycles. The number of Topliss-reactive ketones (excluding diaryl/α,β-unsaturated/α-hetero) is 1. The fourth-order valence-corrected chi connectivity index (χ4v) is 3.24. The van der Waals surface area contributed by atoms with E-state index < -0.39 is 0 Å². The van der Waals surface area contributed by atoms with Gasteiger partial charge >= 0.3 is 0 Å². The van der Waals surface area contributed by atoms with Gasteiger partial charge in [0.25, 0.3) is 0 Å². The molecule has 1 heterocycles. The minimum absolute atomic E-state index is 0.00394. The lowest BCUT2D eigenvalue weighted by Gasteiger charge is -2.35. The van der Waals surface area contributed by atoms with Gasteiger partial charge in [-0.05, 0) is 35.4 Å². The predicted molar refractivity (Wildman–Crippen MR) is 93.4 cm³/mol. The molecule has 0 radical (unpaired) electrons. The number of hydrogen-bond acceptors (Lipinski definition) is 4. The van der Waals surface area contributed by atoms with Crippen LogP contribution >= 0.6 is 0 Å². The largest absolute Gasteiger partial charge is 0.497 e. The Kier molecular flexibility index (Phi) is 4.86. The van der Waals surface area contributed by atoms with Gasteiger partial charge in [-0.1, -0.05) is 31.2 Å². The lowest BCUT2D eigenvalue weighted by Crippen LogP contribution is -2.41. The Bertz CT molecular complexity index is 694. The van der Waals surface area contributed by atoms with E-state index in [1.54, 1.807) is 14.2 Å². The maximum absolute atomic E-state index is 12.5. The summed E-state index contributed by atoms with van der Waals surface area (Å²) in [7, 11) is 3.30. The Morgan fingerprint density at radius 1 is 0.875 bits per heavy atom. The van der Waals surface area contributed by atoms with E-state index in [2.05, 4.69) is 5.32 Å². The van der Waals surface area contributed by atoms with Gasteiger partial charge in [0.15, 0.2) is 0 Å². The summed E-state index contributed by atoms with van der Waals surface area (Å²) in [4.78, 5) is 12.5. The number of piperidine rings is 1. The normalized spacial score (nSPS) is 23.8. The molecule has 4 nitrogen and oxygen atoms in total. The second-order valence-electron chi connectivity index (χ2n) is 6.20. The number of carbonyl (C=O) groups excluding carboxylic acids is 1. The van der Waals surface area contributed by atoms with Crippen LogP contribution in [0.5, 0.6) is 11.5 Å². The van der Waals surface area contributed by atoms with Gasteiger partial charge in [-0.2, -0.15) is 0 Å². The van der Waals surface area contributed by atoms with Gasteiger partial charge < -0.3 is 14.8 Å². The van der Waals surface area contributed by atoms with Crippen LogP contribution < -0.4 is 14.8 Å². The summed E-state index contributed by atoms with van der Waals surface area (Å²) >= 11 is 0. The van der Waals surface area contributed by atoms with Crippen molar-refractivity contribution in [2.45, 2.75) is 25.4 Å². The van der Waals surface area contributed by atoms with Crippen molar-refractivity contribution in [2.75, 3.05) is 14.2 Å². The van der Waals surface area contributed by atoms with Gasteiger partial charge in [0, 0.05) is 24.4 Å². The Labute approximate surface area is 142 Å². The van der Waals surface area contributed by atoms with Crippen molar-refractivity contribution in [3.05, 3.63) is 59.7 Å². The summed E-state index contributed by atoms with van der Waals surface area (Å²) in [6.45, 7) is 1.99. The van der Waals surface area contributed by atoms with Gasteiger partial charge in [-0.25, -0.2) is 0 Å². The van der Waals surface area contributed by atoms with Gasteiger partial charge in [-0.15, -0.1) is 0 Å². The number of rotatable bonds is 4. The molecule has 1 fully saturated rings. The quantitative estimate of drug-likeness (QED) is 0.931. The van der Waals surface area contributed by atoms with Crippen LogP contribution in [-0.2, 0) is 4.79 Å². The van der Waals surface area contributed by atoms with Crippen molar-refractivity contribution in [3.8, 4) is 11.5 Å². The van der Waals surface area contributed by atoms with Crippen molar-refractivity contribution in [1.82, 2.24) is 5.32 Å². The first kappa shape index (κ1) is 16.5. The summed E-state index contributed by atoms with van der Waals surface area (Å²) in [6, 6.07) is 15.8. The maximum atomic E-state index is 12.5. The fourth-order valence-electron chi connectivity index (χ4n) is 3.24. The number of methoxy groups -OCH3 is 2. The molecule has 0 aliphatic carbocycles. The summed E-state index contributed by atoms with van der Waals surface area (Å²) < 4.78 is 10.4. The molecule has 2 aromatic rings. The topological polar surface area (TPSA) is 47.6 Å². The summed E-state index contributed by atoms with van der Waals surface area (Å²) in [5.41, 5.74) is 2.21. The maximum Gasteiger partial charge on any atom is 0.139 e. The highest BCUT2D eigenvalue weighted by atomic mass is 16.5. The molecule has 4 heteroatoms. The first-order chi connectivity index (χ1) is 11.6. The zero-order valence-electron chi connectivity index (χ0n) is 14.3. The minimum atomic E-state index is -0.0482. The fraction of sp³-hybridized carbons (Fsp3) is 0.350. The number of carbonyl (C=O) groups is 1. The Hall–Kier alpha value is -2.33. The molecule has 1 aliphatic rings. The molecule has 0 spiro atoms. The van der Waals surface area contributed by atoms with Crippen molar-refractivity contribution < 1.29 is 14.3 Å². The molecule has 1 N–H and O–H groups in total. The second-order valence-corrected chi connectivity index (χ2v) is 6.20. The average Bonchev–Trinajstić information content (AvgIpc) is 2.64. The number of ketones is 1. The van der Waals surface area contributed by atoms with Crippen LogP contribution in [0.2, 0.25) is 0 Å². The number of nitrogens with one attached hydrogen (secondary N) is 1. The van der Waals surface area contributed by atoms with Crippen LogP contribution in [0.1, 0.15) is 36.6 Å². The van der Waals surface area contributed by atoms with Gasteiger partial charge in [-0.3, -0.25) is 4.79 Å². The van der Waals surface area contributed by atoms with E-state index in [0.29, 0.717) is 6.42 Å². The zero-order valence-corrected chi connectivity index (χ0v) is 14.3.